The van der Waals surface area contributed by atoms with Gasteiger partial charge in [-0.3, -0.25) is 5.10 Å². The molecule has 4 rings (SSSR count). The third kappa shape index (κ3) is 2.32. The topological polar surface area (TPSA) is 114 Å². The molecule has 7 heteroatoms. The standard InChI is InChI=1S/C18H11N5O2/c1-24-14-6-10(7-15-12(14)4-5-25-15)2-3-13-16-17(23-22-13)11(8-19)9-21-18(16)20/h4-7,9H,1H3,(H2,20,21)(H,22,23). The number of benzene rings is 1. The second kappa shape index (κ2) is 5.59. The first-order valence-corrected chi connectivity index (χ1v) is 7.31. The van der Waals surface area contributed by atoms with Crippen molar-refractivity contribution in [1.29, 1.82) is 5.26 Å². The normalized spacial score (nSPS) is 10.4. The van der Waals surface area contributed by atoms with Crippen LogP contribution in [0.1, 0.15) is 16.8 Å². The number of aromatic amines is 1. The number of methoxy groups -OCH3 is 1. The lowest BCUT2D eigenvalue weighted by molar-refractivity contribution is 0.419. The van der Waals surface area contributed by atoms with E-state index in [9.17, 15) is 0 Å². The molecule has 3 heterocycles. The molecule has 3 aromatic heterocycles. The van der Waals surface area contributed by atoms with Gasteiger partial charge in [0.15, 0.2) is 0 Å². The Kier molecular flexibility index (Phi) is 3.27. The largest absolute Gasteiger partial charge is 0.496 e. The Morgan fingerprint density at radius 3 is 3.00 bits per heavy atom. The number of rotatable bonds is 1. The maximum Gasteiger partial charge on any atom is 0.138 e. The summed E-state index contributed by atoms with van der Waals surface area (Å²) in [5, 5.41) is 17.5. The number of pyridine rings is 1. The monoisotopic (exact) mass is 329 g/mol. The van der Waals surface area contributed by atoms with Crippen molar-refractivity contribution >= 4 is 27.7 Å². The Morgan fingerprint density at radius 2 is 2.20 bits per heavy atom. The molecule has 0 aliphatic heterocycles. The van der Waals surface area contributed by atoms with E-state index in [1.165, 1.54) is 6.20 Å². The summed E-state index contributed by atoms with van der Waals surface area (Å²) in [5.74, 6) is 6.97. The number of hydrogen-bond acceptors (Lipinski definition) is 6. The quantitative estimate of drug-likeness (QED) is 0.519. The van der Waals surface area contributed by atoms with Crippen LogP contribution < -0.4 is 10.5 Å². The molecule has 25 heavy (non-hydrogen) atoms. The van der Waals surface area contributed by atoms with Crippen LogP contribution >= 0.6 is 0 Å². The van der Waals surface area contributed by atoms with Gasteiger partial charge in [0.2, 0.25) is 0 Å². The summed E-state index contributed by atoms with van der Waals surface area (Å²) in [6, 6.07) is 7.53. The summed E-state index contributed by atoms with van der Waals surface area (Å²) >= 11 is 0. The van der Waals surface area contributed by atoms with E-state index in [0.717, 1.165) is 5.39 Å². The van der Waals surface area contributed by atoms with E-state index in [1.54, 1.807) is 13.4 Å². The maximum atomic E-state index is 9.14. The van der Waals surface area contributed by atoms with Gasteiger partial charge in [0.25, 0.3) is 0 Å². The van der Waals surface area contributed by atoms with E-state index in [0.29, 0.717) is 39.1 Å². The van der Waals surface area contributed by atoms with Crippen LogP contribution in [0.2, 0.25) is 0 Å². The van der Waals surface area contributed by atoms with Gasteiger partial charge >= 0.3 is 0 Å². The number of nitrogens with one attached hydrogen (secondary N) is 1. The van der Waals surface area contributed by atoms with Crippen LogP contribution in [0.4, 0.5) is 5.82 Å². The highest BCUT2D eigenvalue weighted by Crippen LogP contribution is 2.28. The predicted molar refractivity (Wildman–Crippen MR) is 91.8 cm³/mol. The summed E-state index contributed by atoms with van der Waals surface area (Å²) in [7, 11) is 1.59. The van der Waals surface area contributed by atoms with Crippen LogP contribution in [0.15, 0.2) is 35.1 Å². The molecule has 0 radical (unpaired) electrons. The summed E-state index contributed by atoms with van der Waals surface area (Å²) in [4.78, 5) is 4.02. The molecule has 0 amide bonds. The highest BCUT2D eigenvalue weighted by molar-refractivity contribution is 5.95. The minimum absolute atomic E-state index is 0.270. The van der Waals surface area contributed by atoms with E-state index in [2.05, 4.69) is 27.0 Å². The molecule has 120 valence electrons. The van der Waals surface area contributed by atoms with Gasteiger partial charge in [-0.05, 0) is 24.1 Å². The fraction of sp³-hybridized carbons (Fsp3) is 0.0556. The molecule has 0 saturated carbocycles. The first-order chi connectivity index (χ1) is 12.2. The molecule has 0 bridgehead atoms. The summed E-state index contributed by atoms with van der Waals surface area (Å²) in [5.41, 5.74) is 8.61. The van der Waals surface area contributed by atoms with Crippen molar-refractivity contribution in [1.82, 2.24) is 15.2 Å². The van der Waals surface area contributed by atoms with E-state index in [4.69, 9.17) is 20.1 Å². The van der Waals surface area contributed by atoms with Crippen molar-refractivity contribution in [2.24, 2.45) is 0 Å². The zero-order valence-electron chi connectivity index (χ0n) is 13.1. The fourth-order valence-electron chi connectivity index (χ4n) is 2.63. The van der Waals surface area contributed by atoms with Gasteiger partial charge in [-0.2, -0.15) is 10.4 Å². The molecule has 3 N–H and O–H groups in total. The molecule has 1 aromatic carbocycles. The number of nitrogen functional groups attached to an aromatic ring is 1. The molecule has 4 aromatic rings. The lowest BCUT2D eigenvalue weighted by Gasteiger charge is -2.01. The molecule has 0 aliphatic rings. The Bertz CT molecular complexity index is 1220. The summed E-state index contributed by atoms with van der Waals surface area (Å²) in [6.45, 7) is 0. The Labute approximate surface area is 142 Å². The van der Waals surface area contributed by atoms with Crippen molar-refractivity contribution in [2.75, 3.05) is 12.8 Å². The van der Waals surface area contributed by atoms with Gasteiger partial charge in [0, 0.05) is 11.8 Å². The molecule has 0 spiro atoms. The highest BCUT2D eigenvalue weighted by atomic mass is 16.5. The number of anilines is 1. The number of ether oxygens (including phenoxy) is 1. The molecule has 7 nitrogen and oxygen atoms in total. The van der Waals surface area contributed by atoms with Gasteiger partial charge in [-0.1, -0.05) is 5.92 Å². The van der Waals surface area contributed by atoms with Crippen molar-refractivity contribution < 1.29 is 9.15 Å². The Hall–Kier alpha value is -3.97. The number of H-pyrrole nitrogens is 1. The number of hydrogen-bond donors (Lipinski definition) is 2. The second-order valence-electron chi connectivity index (χ2n) is 5.25. The first-order valence-electron chi connectivity index (χ1n) is 7.31. The predicted octanol–water partition coefficient (Wildman–Crippen LogP) is 2.57. The van der Waals surface area contributed by atoms with Gasteiger partial charge < -0.3 is 14.9 Å². The average molecular weight is 329 g/mol. The van der Waals surface area contributed by atoms with E-state index >= 15 is 0 Å². The average Bonchev–Trinajstić information content (AvgIpc) is 3.27. The molecule has 0 aliphatic carbocycles. The van der Waals surface area contributed by atoms with Gasteiger partial charge in [-0.15, -0.1) is 0 Å². The van der Waals surface area contributed by atoms with Gasteiger partial charge in [-0.25, -0.2) is 4.98 Å². The smallest absolute Gasteiger partial charge is 0.138 e. The lowest BCUT2D eigenvalue weighted by atomic mass is 10.1. The first kappa shape index (κ1) is 14.6. The number of nitrogens with zero attached hydrogens (tertiary/aromatic N) is 3. The third-order valence-electron chi connectivity index (χ3n) is 3.82. The molecule has 0 saturated heterocycles. The van der Waals surface area contributed by atoms with Crippen molar-refractivity contribution in [3.63, 3.8) is 0 Å². The SMILES string of the molecule is COc1cc(C#Cc2[nH]nc3c(C#N)cnc(N)c23)cc2occc12. The molecule has 0 atom stereocenters. The number of aromatic nitrogens is 3. The van der Waals surface area contributed by atoms with E-state index < -0.39 is 0 Å². The van der Waals surface area contributed by atoms with Crippen LogP contribution in [-0.2, 0) is 0 Å². The van der Waals surface area contributed by atoms with Crippen LogP contribution in [0.5, 0.6) is 5.75 Å². The van der Waals surface area contributed by atoms with Crippen LogP contribution in [0.3, 0.4) is 0 Å². The Balaban J connectivity index is 1.85. The molecule has 0 unspecified atom stereocenters. The van der Waals surface area contributed by atoms with Crippen LogP contribution in [0, 0.1) is 23.2 Å². The third-order valence-corrected chi connectivity index (χ3v) is 3.82. The number of furan rings is 1. The number of fused-ring (bicyclic) bond motifs is 2. The van der Waals surface area contributed by atoms with Crippen LogP contribution in [0.25, 0.3) is 21.9 Å². The van der Waals surface area contributed by atoms with Crippen molar-refractivity contribution in [3.8, 4) is 23.7 Å². The minimum atomic E-state index is 0.270. The number of nitriles is 1. The fourth-order valence-corrected chi connectivity index (χ4v) is 2.63. The van der Waals surface area contributed by atoms with Gasteiger partial charge in [0.1, 0.15) is 34.4 Å². The lowest BCUT2D eigenvalue weighted by Crippen LogP contribution is -1.93. The van der Waals surface area contributed by atoms with E-state index in [-0.39, 0.29) is 5.82 Å². The van der Waals surface area contributed by atoms with Crippen molar-refractivity contribution in [2.45, 2.75) is 0 Å². The van der Waals surface area contributed by atoms with Crippen molar-refractivity contribution in [3.05, 3.63) is 47.5 Å². The maximum absolute atomic E-state index is 9.14. The molecular formula is C18H11N5O2. The second-order valence-corrected chi connectivity index (χ2v) is 5.25. The molecule has 0 fully saturated rings. The highest BCUT2D eigenvalue weighted by Gasteiger charge is 2.12. The number of nitrogens with two attached hydrogens (primary N) is 1. The molecular weight excluding hydrogens is 318 g/mol. The zero-order valence-corrected chi connectivity index (χ0v) is 13.1. The summed E-state index contributed by atoms with van der Waals surface area (Å²) < 4.78 is 10.8. The zero-order chi connectivity index (χ0) is 17.4. The van der Waals surface area contributed by atoms with Gasteiger partial charge in [0.05, 0.1) is 29.7 Å². The van der Waals surface area contributed by atoms with Crippen LogP contribution in [-0.4, -0.2) is 22.3 Å². The van der Waals surface area contributed by atoms with E-state index in [1.807, 2.05) is 24.3 Å². The Morgan fingerprint density at radius 1 is 1.32 bits per heavy atom. The minimum Gasteiger partial charge on any atom is -0.496 e. The summed E-state index contributed by atoms with van der Waals surface area (Å²) in [6.07, 6.45) is 2.99.